The summed E-state index contributed by atoms with van der Waals surface area (Å²) < 4.78 is 0. The quantitative estimate of drug-likeness (QED) is 0.447. The van der Waals surface area contributed by atoms with E-state index in [-0.39, 0.29) is 5.78 Å². The first-order chi connectivity index (χ1) is 7.15. The Morgan fingerprint density at radius 3 is 2.53 bits per heavy atom. The molecule has 0 aromatic heterocycles. The third-order valence-electron chi connectivity index (χ3n) is 2.62. The van der Waals surface area contributed by atoms with Gasteiger partial charge in [-0.2, -0.15) is 0 Å². The summed E-state index contributed by atoms with van der Waals surface area (Å²) >= 11 is 3.37. The number of halogens is 1. The molecule has 0 N–H and O–H groups in total. The van der Waals surface area contributed by atoms with Crippen molar-refractivity contribution in [2.75, 3.05) is 5.33 Å². The summed E-state index contributed by atoms with van der Waals surface area (Å²) in [5, 5.41) is 0.979. The van der Waals surface area contributed by atoms with Gasteiger partial charge in [0.1, 0.15) is 0 Å². The van der Waals surface area contributed by atoms with Crippen molar-refractivity contribution in [3.63, 3.8) is 0 Å². The van der Waals surface area contributed by atoms with Gasteiger partial charge in [-0.1, -0.05) is 28.1 Å². The second-order valence-corrected chi connectivity index (χ2v) is 4.66. The van der Waals surface area contributed by atoms with Gasteiger partial charge in [0.15, 0.2) is 5.78 Å². The molecule has 1 rings (SSSR count). The Labute approximate surface area is 100 Å². The normalized spacial score (nSPS) is 10.3. The van der Waals surface area contributed by atoms with Crippen LogP contribution in [0, 0.1) is 13.8 Å². The summed E-state index contributed by atoms with van der Waals surface area (Å²) in [6, 6.07) is 5.94. The highest BCUT2D eigenvalue weighted by Crippen LogP contribution is 2.13. The molecule has 0 aliphatic carbocycles. The van der Waals surface area contributed by atoms with Crippen LogP contribution in [0.15, 0.2) is 18.2 Å². The van der Waals surface area contributed by atoms with Crippen molar-refractivity contribution in [1.82, 2.24) is 0 Å². The third kappa shape index (κ3) is 3.78. The molecule has 1 nitrogen and oxygen atoms in total. The van der Waals surface area contributed by atoms with Gasteiger partial charge in [0.2, 0.25) is 0 Å². The van der Waals surface area contributed by atoms with Crippen molar-refractivity contribution in [2.45, 2.75) is 33.1 Å². The van der Waals surface area contributed by atoms with E-state index in [0.717, 1.165) is 23.7 Å². The Morgan fingerprint density at radius 2 is 1.93 bits per heavy atom. The smallest absolute Gasteiger partial charge is 0.162 e. The molecule has 0 fully saturated rings. The number of ketones is 1. The molecule has 1 aromatic rings. The molecule has 0 aliphatic heterocycles. The van der Waals surface area contributed by atoms with E-state index in [0.29, 0.717) is 6.42 Å². The molecular weight excluding hydrogens is 252 g/mol. The predicted octanol–water partition coefficient (Wildman–Crippen LogP) is 4.05. The fraction of sp³-hybridized carbons (Fsp3) is 0.462. The molecule has 1 aromatic carbocycles. The van der Waals surface area contributed by atoms with Crippen LogP contribution in [-0.4, -0.2) is 11.1 Å². The van der Waals surface area contributed by atoms with Crippen LogP contribution in [0.4, 0.5) is 0 Å². The molecule has 0 spiro atoms. The van der Waals surface area contributed by atoms with Gasteiger partial charge in [-0.15, -0.1) is 0 Å². The molecule has 0 amide bonds. The molecule has 0 bridgehead atoms. The van der Waals surface area contributed by atoms with Crippen molar-refractivity contribution < 1.29 is 4.79 Å². The van der Waals surface area contributed by atoms with Crippen LogP contribution in [0.2, 0.25) is 0 Å². The van der Waals surface area contributed by atoms with Crippen LogP contribution >= 0.6 is 15.9 Å². The van der Waals surface area contributed by atoms with Gasteiger partial charge in [0.05, 0.1) is 0 Å². The molecule has 0 saturated heterocycles. The highest BCUT2D eigenvalue weighted by atomic mass is 79.9. The van der Waals surface area contributed by atoms with E-state index in [1.54, 1.807) is 0 Å². The van der Waals surface area contributed by atoms with E-state index < -0.39 is 0 Å². The Morgan fingerprint density at radius 1 is 1.20 bits per heavy atom. The number of unbranched alkanes of at least 4 members (excludes halogenated alkanes) is 1. The highest BCUT2D eigenvalue weighted by Gasteiger charge is 2.05. The van der Waals surface area contributed by atoms with Gasteiger partial charge in [-0.25, -0.2) is 0 Å². The molecule has 0 aliphatic rings. The molecule has 2 heteroatoms. The van der Waals surface area contributed by atoms with E-state index in [2.05, 4.69) is 22.9 Å². The average molecular weight is 269 g/mol. The minimum absolute atomic E-state index is 0.263. The molecule has 0 heterocycles. The van der Waals surface area contributed by atoms with Crippen molar-refractivity contribution in [1.29, 1.82) is 0 Å². The lowest BCUT2D eigenvalue weighted by Crippen LogP contribution is -2.00. The lowest BCUT2D eigenvalue weighted by molar-refractivity contribution is 0.0980. The van der Waals surface area contributed by atoms with Crippen LogP contribution in [0.25, 0.3) is 0 Å². The van der Waals surface area contributed by atoms with Gasteiger partial charge >= 0.3 is 0 Å². The number of aryl methyl sites for hydroxylation is 2. The van der Waals surface area contributed by atoms with E-state index >= 15 is 0 Å². The SMILES string of the molecule is Cc1ccc(C(=O)CCCCBr)cc1C. The molecule has 15 heavy (non-hydrogen) atoms. The molecule has 82 valence electrons. The van der Waals surface area contributed by atoms with E-state index in [1.807, 2.05) is 25.1 Å². The molecular formula is C13H17BrO. The number of alkyl halides is 1. The second-order valence-electron chi connectivity index (χ2n) is 3.87. The summed E-state index contributed by atoms with van der Waals surface area (Å²) in [5.74, 6) is 0.263. The van der Waals surface area contributed by atoms with E-state index in [4.69, 9.17) is 0 Å². The van der Waals surface area contributed by atoms with E-state index in [9.17, 15) is 4.79 Å². The number of carbonyl (C=O) groups excluding carboxylic acids is 1. The third-order valence-corrected chi connectivity index (χ3v) is 3.18. The maximum Gasteiger partial charge on any atom is 0.162 e. The first-order valence-electron chi connectivity index (χ1n) is 5.31. The summed E-state index contributed by atoms with van der Waals surface area (Å²) in [6.45, 7) is 4.11. The Hall–Kier alpha value is -0.630. The molecule has 0 atom stereocenters. The zero-order valence-electron chi connectivity index (χ0n) is 9.35. The van der Waals surface area contributed by atoms with E-state index in [1.165, 1.54) is 11.1 Å². The van der Waals surface area contributed by atoms with Gasteiger partial charge in [0.25, 0.3) is 0 Å². The largest absolute Gasteiger partial charge is 0.294 e. The maximum atomic E-state index is 11.8. The maximum absolute atomic E-state index is 11.8. The second kappa shape index (κ2) is 6.06. The first kappa shape index (κ1) is 12.4. The molecule has 0 saturated carbocycles. The zero-order chi connectivity index (χ0) is 11.3. The summed E-state index contributed by atoms with van der Waals surface area (Å²) in [7, 11) is 0. The average Bonchev–Trinajstić information content (AvgIpc) is 2.22. The fourth-order valence-corrected chi connectivity index (χ4v) is 1.84. The van der Waals surface area contributed by atoms with Crippen molar-refractivity contribution in [3.05, 3.63) is 34.9 Å². The number of Topliss-reactive ketones (excluding diaryl/α,β-unsaturated/α-hetero) is 1. The number of carbonyl (C=O) groups is 1. The first-order valence-corrected chi connectivity index (χ1v) is 6.43. The highest BCUT2D eigenvalue weighted by molar-refractivity contribution is 9.09. The number of hydrogen-bond acceptors (Lipinski definition) is 1. The monoisotopic (exact) mass is 268 g/mol. The molecule has 0 unspecified atom stereocenters. The minimum atomic E-state index is 0.263. The van der Waals surface area contributed by atoms with Gasteiger partial charge < -0.3 is 0 Å². The van der Waals surface area contributed by atoms with Crippen LogP contribution < -0.4 is 0 Å². The van der Waals surface area contributed by atoms with Crippen molar-refractivity contribution in [2.24, 2.45) is 0 Å². The Kier molecular flexibility index (Phi) is 5.03. The van der Waals surface area contributed by atoms with Crippen LogP contribution in [0.1, 0.15) is 40.7 Å². The number of rotatable bonds is 5. The topological polar surface area (TPSA) is 17.1 Å². The lowest BCUT2D eigenvalue weighted by atomic mass is 10.0. The van der Waals surface area contributed by atoms with Crippen LogP contribution in [0.5, 0.6) is 0 Å². The summed E-state index contributed by atoms with van der Waals surface area (Å²) in [5.41, 5.74) is 3.29. The van der Waals surface area contributed by atoms with Crippen molar-refractivity contribution >= 4 is 21.7 Å². The molecule has 0 radical (unpaired) electrons. The number of hydrogen-bond donors (Lipinski definition) is 0. The minimum Gasteiger partial charge on any atom is -0.294 e. The standard InChI is InChI=1S/C13H17BrO/c1-10-6-7-12(9-11(10)2)13(15)5-3-4-8-14/h6-7,9H,3-5,8H2,1-2H3. The van der Waals surface area contributed by atoms with Crippen LogP contribution in [0.3, 0.4) is 0 Å². The zero-order valence-corrected chi connectivity index (χ0v) is 10.9. The number of benzene rings is 1. The van der Waals surface area contributed by atoms with Crippen LogP contribution in [-0.2, 0) is 0 Å². The predicted molar refractivity (Wildman–Crippen MR) is 67.9 cm³/mol. The lowest BCUT2D eigenvalue weighted by Gasteiger charge is -2.04. The van der Waals surface area contributed by atoms with Gasteiger partial charge in [-0.3, -0.25) is 4.79 Å². The summed E-state index contributed by atoms with van der Waals surface area (Å²) in [6.07, 6.45) is 2.70. The summed E-state index contributed by atoms with van der Waals surface area (Å²) in [4.78, 5) is 11.8. The van der Waals surface area contributed by atoms with Crippen molar-refractivity contribution in [3.8, 4) is 0 Å². The Balaban J connectivity index is 2.62. The fourth-order valence-electron chi connectivity index (χ4n) is 1.44. The Bertz CT molecular complexity index is 344. The van der Waals surface area contributed by atoms with Gasteiger partial charge in [-0.05, 0) is 43.9 Å². The van der Waals surface area contributed by atoms with Gasteiger partial charge in [0, 0.05) is 17.3 Å².